The number of benzene rings is 3. The molecule has 0 aliphatic carbocycles. The maximum atomic E-state index is 12.9. The number of primary amides is 1. The van der Waals surface area contributed by atoms with E-state index in [-0.39, 0.29) is 5.91 Å². The highest BCUT2D eigenvalue weighted by atomic mass is 16.5. The monoisotopic (exact) mass is 416 g/mol. The van der Waals surface area contributed by atoms with Gasteiger partial charge in [-0.3, -0.25) is 9.59 Å². The number of nitrogens with two attached hydrogens (primary N) is 1. The Kier molecular flexibility index (Phi) is 5.89. The van der Waals surface area contributed by atoms with Gasteiger partial charge in [-0.1, -0.05) is 12.1 Å². The fourth-order valence-corrected chi connectivity index (χ4v) is 3.76. The fraction of sp³-hybridized carbons (Fsp3) is 0.200. The molecule has 0 aromatic heterocycles. The molecule has 0 saturated carbocycles. The number of ether oxygens (including phenoxy) is 2. The van der Waals surface area contributed by atoms with Crippen molar-refractivity contribution in [2.45, 2.75) is 12.3 Å². The molecule has 2 N–H and O–H groups in total. The van der Waals surface area contributed by atoms with Crippen molar-refractivity contribution in [1.82, 2.24) is 4.90 Å². The van der Waals surface area contributed by atoms with Crippen LogP contribution < -0.4 is 15.2 Å². The summed E-state index contributed by atoms with van der Waals surface area (Å²) in [5, 5.41) is 0. The third-order valence-electron chi connectivity index (χ3n) is 5.54. The van der Waals surface area contributed by atoms with Crippen LogP contribution in [0.5, 0.6) is 17.2 Å². The van der Waals surface area contributed by atoms with Crippen molar-refractivity contribution in [3.63, 3.8) is 0 Å². The van der Waals surface area contributed by atoms with Crippen LogP contribution in [0.1, 0.15) is 38.6 Å². The summed E-state index contributed by atoms with van der Waals surface area (Å²) >= 11 is 0. The standard InChI is InChI=1S/C25H24N2O4/c1-30-21-8-2-17(3-9-21)20-14-15-27(16-20)25(29)19-6-12-23(13-7-19)31-22-10-4-18(5-11-22)24(26)28/h2-13,20H,14-16H2,1H3,(H2,26,28). The van der Waals surface area contributed by atoms with E-state index in [1.54, 1.807) is 55.6 Å². The number of likely N-dealkylation sites (tertiary alicyclic amines) is 1. The molecule has 31 heavy (non-hydrogen) atoms. The number of carbonyl (C=O) groups excluding carboxylic acids is 2. The van der Waals surface area contributed by atoms with Crippen LogP contribution >= 0.6 is 0 Å². The predicted octanol–water partition coefficient (Wildman–Crippen LogP) is 4.22. The average Bonchev–Trinajstić information content (AvgIpc) is 3.30. The number of rotatable bonds is 6. The molecule has 1 heterocycles. The zero-order chi connectivity index (χ0) is 21.8. The van der Waals surface area contributed by atoms with E-state index >= 15 is 0 Å². The Balaban J connectivity index is 1.37. The molecule has 1 unspecified atom stereocenters. The van der Waals surface area contributed by atoms with Crippen LogP contribution in [0.4, 0.5) is 0 Å². The predicted molar refractivity (Wildman–Crippen MR) is 118 cm³/mol. The van der Waals surface area contributed by atoms with Gasteiger partial charge in [0.15, 0.2) is 0 Å². The second-order valence-electron chi connectivity index (χ2n) is 7.52. The van der Waals surface area contributed by atoms with E-state index in [9.17, 15) is 9.59 Å². The highest BCUT2D eigenvalue weighted by Crippen LogP contribution is 2.30. The highest BCUT2D eigenvalue weighted by Gasteiger charge is 2.28. The van der Waals surface area contributed by atoms with Gasteiger partial charge < -0.3 is 20.1 Å². The Morgan fingerprint density at radius 2 is 1.39 bits per heavy atom. The number of methoxy groups -OCH3 is 1. The second kappa shape index (κ2) is 8.92. The van der Waals surface area contributed by atoms with E-state index in [1.165, 1.54) is 5.56 Å². The van der Waals surface area contributed by atoms with Crippen LogP contribution in [-0.4, -0.2) is 36.9 Å². The van der Waals surface area contributed by atoms with Gasteiger partial charge >= 0.3 is 0 Å². The van der Waals surface area contributed by atoms with Crippen molar-refractivity contribution in [2.24, 2.45) is 5.73 Å². The van der Waals surface area contributed by atoms with Gasteiger partial charge in [0, 0.05) is 30.1 Å². The lowest BCUT2D eigenvalue weighted by Crippen LogP contribution is -2.28. The number of amides is 2. The lowest BCUT2D eigenvalue weighted by Gasteiger charge is -2.17. The fourth-order valence-electron chi connectivity index (χ4n) is 3.76. The molecule has 1 atom stereocenters. The summed E-state index contributed by atoms with van der Waals surface area (Å²) in [6, 6.07) is 21.7. The minimum absolute atomic E-state index is 0.0216. The van der Waals surface area contributed by atoms with Crippen molar-refractivity contribution >= 4 is 11.8 Å². The molecule has 6 nitrogen and oxygen atoms in total. The van der Waals surface area contributed by atoms with E-state index in [0.29, 0.717) is 35.1 Å². The molecule has 1 aliphatic rings. The first-order valence-electron chi connectivity index (χ1n) is 10.1. The Morgan fingerprint density at radius 1 is 0.839 bits per heavy atom. The molecule has 1 saturated heterocycles. The third kappa shape index (κ3) is 4.69. The molecule has 2 amide bonds. The van der Waals surface area contributed by atoms with E-state index < -0.39 is 5.91 Å². The first kappa shape index (κ1) is 20.5. The zero-order valence-electron chi connectivity index (χ0n) is 17.3. The van der Waals surface area contributed by atoms with Crippen LogP contribution in [0.2, 0.25) is 0 Å². The summed E-state index contributed by atoms with van der Waals surface area (Å²) in [5.74, 6) is 1.91. The van der Waals surface area contributed by atoms with Gasteiger partial charge in [0.05, 0.1) is 7.11 Å². The molecule has 6 heteroatoms. The minimum Gasteiger partial charge on any atom is -0.497 e. The largest absolute Gasteiger partial charge is 0.497 e. The van der Waals surface area contributed by atoms with Crippen molar-refractivity contribution in [3.8, 4) is 17.2 Å². The lowest BCUT2D eigenvalue weighted by atomic mass is 9.98. The molecule has 1 fully saturated rings. The quantitative estimate of drug-likeness (QED) is 0.652. The lowest BCUT2D eigenvalue weighted by molar-refractivity contribution is 0.0790. The smallest absolute Gasteiger partial charge is 0.253 e. The Bertz CT molecular complexity index is 1060. The Hall–Kier alpha value is -3.80. The maximum absolute atomic E-state index is 12.9. The topological polar surface area (TPSA) is 81.9 Å². The van der Waals surface area contributed by atoms with Crippen LogP contribution in [0.15, 0.2) is 72.8 Å². The normalized spacial score (nSPS) is 15.5. The minimum atomic E-state index is -0.481. The van der Waals surface area contributed by atoms with Crippen molar-refractivity contribution < 1.29 is 19.1 Å². The van der Waals surface area contributed by atoms with E-state index in [0.717, 1.165) is 18.7 Å². The SMILES string of the molecule is COc1ccc(C2CCN(C(=O)c3ccc(Oc4ccc(C(N)=O)cc4)cc3)C2)cc1. The zero-order valence-corrected chi connectivity index (χ0v) is 17.3. The average molecular weight is 416 g/mol. The highest BCUT2D eigenvalue weighted by molar-refractivity contribution is 5.94. The van der Waals surface area contributed by atoms with Crippen LogP contribution in [-0.2, 0) is 0 Å². The van der Waals surface area contributed by atoms with E-state index in [1.807, 2.05) is 17.0 Å². The first-order valence-corrected chi connectivity index (χ1v) is 10.1. The first-order chi connectivity index (χ1) is 15.0. The molecule has 0 radical (unpaired) electrons. The molecule has 1 aliphatic heterocycles. The van der Waals surface area contributed by atoms with Crippen LogP contribution in [0.25, 0.3) is 0 Å². The summed E-state index contributed by atoms with van der Waals surface area (Å²) in [5.41, 5.74) is 7.52. The van der Waals surface area contributed by atoms with Crippen molar-refractivity contribution in [1.29, 1.82) is 0 Å². The number of nitrogens with zero attached hydrogens (tertiary/aromatic N) is 1. The summed E-state index contributed by atoms with van der Waals surface area (Å²) in [6.07, 6.45) is 0.945. The number of carbonyl (C=O) groups is 2. The molecule has 0 spiro atoms. The second-order valence-corrected chi connectivity index (χ2v) is 7.52. The van der Waals surface area contributed by atoms with Crippen molar-refractivity contribution in [3.05, 3.63) is 89.5 Å². The van der Waals surface area contributed by atoms with E-state index in [2.05, 4.69) is 12.1 Å². The van der Waals surface area contributed by atoms with Gasteiger partial charge in [0.1, 0.15) is 17.2 Å². The van der Waals surface area contributed by atoms with Gasteiger partial charge in [-0.05, 0) is 72.6 Å². The summed E-state index contributed by atoms with van der Waals surface area (Å²) < 4.78 is 11.0. The van der Waals surface area contributed by atoms with Gasteiger partial charge in [0.2, 0.25) is 5.91 Å². The van der Waals surface area contributed by atoms with Crippen LogP contribution in [0, 0.1) is 0 Å². The summed E-state index contributed by atoms with van der Waals surface area (Å²) in [6.45, 7) is 1.44. The summed E-state index contributed by atoms with van der Waals surface area (Å²) in [7, 11) is 1.65. The Morgan fingerprint density at radius 3 is 1.94 bits per heavy atom. The molecule has 0 bridgehead atoms. The van der Waals surface area contributed by atoms with Gasteiger partial charge in [-0.25, -0.2) is 0 Å². The molecule has 4 rings (SSSR count). The van der Waals surface area contributed by atoms with Crippen molar-refractivity contribution in [2.75, 3.05) is 20.2 Å². The molecule has 158 valence electrons. The maximum Gasteiger partial charge on any atom is 0.253 e. The van der Waals surface area contributed by atoms with Gasteiger partial charge in [-0.15, -0.1) is 0 Å². The van der Waals surface area contributed by atoms with Gasteiger partial charge in [-0.2, -0.15) is 0 Å². The molecule has 3 aromatic rings. The number of hydrogen-bond acceptors (Lipinski definition) is 4. The molecule has 3 aromatic carbocycles. The van der Waals surface area contributed by atoms with Gasteiger partial charge in [0.25, 0.3) is 5.91 Å². The van der Waals surface area contributed by atoms with Crippen LogP contribution in [0.3, 0.4) is 0 Å². The molecular formula is C25H24N2O4. The molecular weight excluding hydrogens is 392 g/mol. The number of hydrogen-bond donors (Lipinski definition) is 1. The Labute approximate surface area is 181 Å². The van der Waals surface area contributed by atoms with E-state index in [4.69, 9.17) is 15.2 Å². The summed E-state index contributed by atoms with van der Waals surface area (Å²) in [4.78, 5) is 26.0. The third-order valence-corrected chi connectivity index (χ3v) is 5.54.